The Morgan fingerprint density at radius 3 is 2.58 bits per heavy atom. The van der Waals surface area contributed by atoms with Crippen LogP contribution in [0.1, 0.15) is 37.6 Å². The summed E-state index contributed by atoms with van der Waals surface area (Å²) in [6.07, 6.45) is -1.95. The first-order chi connectivity index (χ1) is 14.7. The van der Waals surface area contributed by atoms with Crippen LogP contribution in [0.5, 0.6) is 0 Å². The summed E-state index contributed by atoms with van der Waals surface area (Å²) in [5, 5.41) is 4.74. The van der Waals surface area contributed by atoms with Crippen LogP contribution in [0.4, 0.5) is 19.0 Å². The first-order valence-corrected chi connectivity index (χ1v) is 11.0. The van der Waals surface area contributed by atoms with E-state index in [0.29, 0.717) is 35.1 Å². The van der Waals surface area contributed by atoms with E-state index in [1.807, 2.05) is 10.7 Å². The first kappa shape index (κ1) is 19.5. The summed E-state index contributed by atoms with van der Waals surface area (Å²) in [4.78, 5) is 6.38. The van der Waals surface area contributed by atoms with Gasteiger partial charge in [0, 0.05) is 48.0 Å². The molecule has 5 aliphatic rings. The molecule has 0 spiro atoms. The Morgan fingerprint density at radius 1 is 1.19 bits per heavy atom. The third-order valence-corrected chi connectivity index (χ3v) is 7.93. The molecule has 0 amide bonds. The van der Waals surface area contributed by atoms with Gasteiger partial charge in [-0.25, -0.2) is 4.98 Å². The van der Waals surface area contributed by atoms with E-state index in [4.69, 9.17) is 15.6 Å². The molecule has 6 nitrogen and oxygen atoms in total. The lowest BCUT2D eigenvalue weighted by Crippen LogP contribution is -2.43. The van der Waals surface area contributed by atoms with Gasteiger partial charge >= 0.3 is 6.18 Å². The number of anilines is 1. The highest BCUT2D eigenvalue weighted by molar-refractivity contribution is 5.65. The summed E-state index contributed by atoms with van der Waals surface area (Å²) in [5.74, 6) is 1.49. The van der Waals surface area contributed by atoms with E-state index >= 15 is 0 Å². The first-order valence-electron chi connectivity index (χ1n) is 11.0. The van der Waals surface area contributed by atoms with Gasteiger partial charge in [-0.05, 0) is 50.2 Å². The highest BCUT2D eigenvalue weighted by Gasteiger charge is 2.93. The quantitative estimate of drug-likeness (QED) is 0.801. The molecule has 1 saturated heterocycles. The van der Waals surface area contributed by atoms with Gasteiger partial charge in [0.15, 0.2) is 0 Å². The van der Waals surface area contributed by atoms with Gasteiger partial charge in [0.2, 0.25) is 0 Å². The molecule has 2 aromatic rings. The average molecular weight is 433 g/mol. The molecule has 0 radical (unpaired) electrons. The van der Waals surface area contributed by atoms with Gasteiger partial charge in [0.1, 0.15) is 5.82 Å². The highest BCUT2D eigenvalue weighted by Crippen LogP contribution is 2.91. The van der Waals surface area contributed by atoms with Gasteiger partial charge in [-0.2, -0.15) is 18.3 Å². The van der Waals surface area contributed by atoms with Crippen molar-refractivity contribution in [2.75, 3.05) is 32.0 Å². The minimum absolute atomic E-state index is 0.130. The van der Waals surface area contributed by atoms with Crippen LogP contribution in [-0.2, 0) is 16.3 Å². The van der Waals surface area contributed by atoms with E-state index < -0.39 is 17.6 Å². The van der Waals surface area contributed by atoms with Crippen LogP contribution in [0.2, 0.25) is 0 Å². The van der Waals surface area contributed by atoms with Crippen molar-refractivity contribution in [3.8, 4) is 11.3 Å². The number of halogens is 3. The number of hydrogen-bond donors (Lipinski definition) is 1. The number of nitrogens with two attached hydrogens (primary N) is 1. The number of aromatic nitrogens is 3. The van der Waals surface area contributed by atoms with Crippen LogP contribution in [-0.4, -0.2) is 52.0 Å². The van der Waals surface area contributed by atoms with Crippen molar-refractivity contribution < 1.29 is 17.9 Å². The van der Waals surface area contributed by atoms with Gasteiger partial charge in [-0.1, -0.05) is 0 Å². The number of nitrogen functional groups attached to an aromatic ring is 1. The number of pyridine rings is 1. The van der Waals surface area contributed by atoms with Gasteiger partial charge < -0.3 is 10.5 Å². The zero-order valence-corrected chi connectivity index (χ0v) is 17.6. The second-order valence-corrected chi connectivity index (χ2v) is 9.65. The van der Waals surface area contributed by atoms with Crippen LogP contribution in [0.25, 0.3) is 11.3 Å². The molecule has 1 aliphatic heterocycles. The molecule has 7 rings (SSSR count). The van der Waals surface area contributed by atoms with Gasteiger partial charge in [0.05, 0.1) is 24.5 Å². The summed E-state index contributed by atoms with van der Waals surface area (Å²) in [7, 11) is 0. The van der Waals surface area contributed by atoms with E-state index in [1.165, 1.54) is 18.3 Å². The number of fused-ring (bicyclic) bond motifs is 1. The summed E-state index contributed by atoms with van der Waals surface area (Å²) < 4.78 is 47.5. The number of ether oxygens (including phenoxy) is 1. The van der Waals surface area contributed by atoms with E-state index in [0.717, 1.165) is 32.4 Å². The number of morpholine rings is 1. The third-order valence-electron chi connectivity index (χ3n) is 7.93. The lowest BCUT2D eigenvalue weighted by molar-refractivity contribution is -0.137. The fraction of sp³-hybridized carbons (Fsp3) is 0.636. The van der Waals surface area contributed by atoms with Crippen LogP contribution < -0.4 is 5.73 Å². The lowest BCUT2D eigenvalue weighted by atomic mass is 9.99. The molecule has 5 fully saturated rings. The highest BCUT2D eigenvalue weighted by atomic mass is 19.4. The fourth-order valence-corrected chi connectivity index (χ4v) is 6.57. The van der Waals surface area contributed by atoms with E-state index in [-0.39, 0.29) is 11.5 Å². The molecule has 0 aromatic carbocycles. The fourth-order valence-electron chi connectivity index (χ4n) is 6.57. The van der Waals surface area contributed by atoms with Crippen LogP contribution in [0.15, 0.2) is 18.3 Å². The predicted octanol–water partition coefficient (Wildman–Crippen LogP) is 3.35. The Labute approximate surface area is 178 Å². The molecule has 2 aromatic heterocycles. The second kappa shape index (κ2) is 6.22. The molecule has 5 atom stereocenters. The van der Waals surface area contributed by atoms with Crippen molar-refractivity contribution in [2.24, 2.45) is 17.8 Å². The molecule has 5 unspecified atom stereocenters. The van der Waals surface area contributed by atoms with Crippen molar-refractivity contribution in [1.29, 1.82) is 0 Å². The second-order valence-electron chi connectivity index (χ2n) is 9.65. The molecule has 2 bridgehead atoms. The Bertz CT molecular complexity index is 1040. The summed E-state index contributed by atoms with van der Waals surface area (Å²) >= 11 is 0. The number of nitrogens with zero attached hydrogens (tertiary/aromatic N) is 4. The molecule has 166 valence electrons. The standard InChI is InChI=1S/C22H26F3N5O/c1-11(2)30-17(9-15(28-30)12-7-14(22(23,24)25)20(26)27-10-12)21-13-8-16(19(21)18(13)21)29-3-5-31-6-4-29/h7,9-11,13,16,18-19H,3-6,8H2,1-2H3,(H2,26,27). The topological polar surface area (TPSA) is 69.2 Å². The maximum absolute atomic E-state index is 13.3. The van der Waals surface area contributed by atoms with Crippen molar-refractivity contribution >= 4 is 5.82 Å². The van der Waals surface area contributed by atoms with Crippen molar-refractivity contribution in [3.05, 3.63) is 29.6 Å². The monoisotopic (exact) mass is 433 g/mol. The Hall–Kier alpha value is -2.13. The van der Waals surface area contributed by atoms with Crippen LogP contribution in [0.3, 0.4) is 0 Å². The van der Waals surface area contributed by atoms with Crippen LogP contribution >= 0.6 is 0 Å². The van der Waals surface area contributed by atoms with Crippen molar-refractivity contribution in [1.82, 2.24) is 19.7 Å². The number of hydrogen-bond acceptors (Lipinski definition) is 5. The molecule has 4 saturated carbocycles. The Morgan fingerprint density at radius 2 is 1.94 bits per heavy atom. The molecular weight excluding hydrogens is 407 g/mol. The van der Waals surface area contributed by atoms with Gasteiger partial charge in [0.25, 0.3) is 0 Å². The van der Waals surface area contributed by atoms with Crippen LogP contribution in [0, 0.1) is 17.8 Å². The van der Waals surface area contributed by atoms with Crippen molar-refractivity contribution in [2.45, 2.75) is 43.9 Å². The average Bonchev–Trinajstić information content (AvgIpc) is 3.30. The van der Waals surface area contributed by atoms with Gasteiger partial charge in [-0.15, -0.1) is 0 Å². The van der Waals surface area contributed by atoms with Gasteiger partial charge in [-0.3, -0.25) is 9.58 Å². The molecule has 31 heavy (non-hydrogen) atoms. The van der Waals surface area contributed by atoms with E-state index in [2.05, 4.69) is 23.7 Å². The zero-order chi connectivity index (χ0) is 21.7. The molecule has 4 aliphatic carbocycles. The Balaban J connectivity index is 1.35. The van der Waals surface area contributed by atoms with E-state index in [1.54, 1.807) is 0 Å². The largest absolute Gasteiger partial charge is 0.419 e. The molecule has 2 N–H and O–H groups in total. The summed E-state index contributed by atoms with van der Waals surface area (Å²) in [6.45, 7) is 7.71. The van der Waals surface area contributed by atoms with E-state index in [9.17, 15) is 13.2 Å². The Kier molecular flexibility index (Phi) is 3.92. The molecular formula is C22H26F3N5O. The maximum atomic E-state index is 13.3. The number of rotatable bonds is 4. The minimum Gasteiger partial charge on any atom is -0.383 e. The molecule has 3 heterocycles. The zero-order valence-electron chi connectivity index (χ0n) is 17.6. The smallest absolute Gasteiger partial charge is 0.383 e. The normalized spacial score (nSPS) is 34.3. The lowest BCUT2D eigenvalue weighted by Gasteiger charge is -2.32. The third kappa shape index (κ3) is 2.59. The predicted molar refractivity (Wildman–Crippen MR) is 108 cm³/mol. The SMILES string of the molecule is CC(C)n1nc(-c2cnc(N)c(C(F)(F)F)c2)cc1C12C3CC(N4CCOCC4)C1C32. The molecule has 9 heteroatoms. The number of alkyl halides is 3. The summed E-state index contributed by atoms with van der Waals surface area (Å²) in [6, 6.07) is 3.79. The minimum atomic E-state index is -4.54. The van der Waals surface area contributed by atoms with Crippen molar-refractivity contribution in [3.63, 3.8) is 0 Å². The summed E-state index contributed by atoms with van der Waals surface area (Å²) in [5.41, 5.74) is 6.80. The maximum Gasteiger partial charge on any atom is 0.419 e.